The number of nitrogens with one attached hydrogen (secondary N) is 1. The third-order valence-corrected chi connectivity index (χ3v) is 2.83. The number of azo groups is 1. The van der Waals surface area contributed by atoms with Crippen molar-refractivity contribution in [2.45, 2.75) is 6.92 Å². The van der Waals surface area contributed by atoms with E-state index in [4.69, 9.17) is 4.42 Å². The van der Waals surface area contributed by atoms with Gasteiger partial charge in [-0.15, -0.1) is 5.11 Å². The lowest BCUT2D eigenvalue weighted by Crippen LogP contribution is -1.78. The van der Waals surface area contributed by atoms with Gasteiger partial charge in [0, 0.05) is 11.6 Å². The molecule has 4 N–H and O–H groups in total. The number of benzene rings is 1. The Morgan fingerprint density at radius 1 is 1.24 bits per heavy atom. The van der Waals surface area contributed by atoms with E-state index in [0.717, 1.165) is 17.0 Å². The maximum Gasteiger partial charge on any atom is 0.131 e. The second-order valence-electron chi connectivity index (χ2n) is 4.20. The number of halogens is 1. The van der Waals surface area contributed by atoms with Gasteiger partial charge in [0.1, 0.15) is 17.3 Å². The quantitative estimate of drug-likeness (QED) is 0.683. The van der Waals surface area contributed by atoms with Crippen LogP contribution in [0, 0.1) is 12.7 Å². The van der Waals surface area contributed by atoms with Crippen molar-refractivity contribution in [3.05, 3.63) is 54.4 Å². The van der Waals surface area contributed by atoms with Gasteiger partial charge in [0.25, 0.3) is 0 Å². The maximum absolute atomic E-state index is 13.1. The largest absolute Gasteiger partial charge is 0.469 e. The Balaban J connectivity index is 0.00000161. The van der Waals surface area contributed by atoms with Gasteiger partial charge < -0.3 is 10.6 Å². The number of aromatic amines is 1. The fraction of sp³-hybridized carbons (Fsp3) is 0.0714. The number of aromatic nitrogens is 2. The molecular formula is C14H14FN5O. The van der Waals surface area contributed by atoms with E-state index in [1.807, 2.05) is 13.0 Å². The van der Waals surface area contributed by atoms with Gasteiger partial charge in [-0.3, -0.25) is 5.10 Å². The van der Waals surface area contributed by atoms with Crippen molar-refractivity contribution >= 4 is 11.4 Å². The van der Waals surface area contributed by atoms with Crippen molar-refractivity contribution in [1.29, 1.82) is 0 Å². The van der Waals surface area contributed by atoms with E-state index in [-0.39, 0.29) is 12.0 Å². The highest BCUT2D eigenvalue weighted by Gasteiger charge is 2.11. The van der Waals surface area contributed by atoms with Crippen LogP contribution in [-0.4, -0.2) is 10.2 Å². The van der Waals surface area contributed by atoms with Crippen LogP contribution < -0.4 is 6.15 Å². The van der Waals surface area contributed by atoms with Gasteiger partial charge in [-0.25, -0.2) is 4.39 Å². The molecule has 108 valence electrons. The number of H-pyrrole nitrogens is 1. The maximum atomic E-state index is 13.1. The number of hydrogen-bond donors (Lipinski definition) is 2. The molecule has 0 aliphatic heterocycles. The number of hydrogen-bond acceptors (Lipinski definition) is 5. The average molecular weight is 287 g/mol. The van der Waals surface area contributed by atoms with Crippen molar-refractivity contribution in [3.8, 4) is 11.3 Å². The molecule has 6 nitrogen and oxygen atoms in total. The molecule has 0 amide bonds. The van der Waals surface area contributed by atoms with Crippen molar-refractivity contribution in [2.75, 3.05) is 0 Å². The molecule has 7 heteroatoms. The summed E-state index contributed by atoms with van der Waals surface area (Å²) in [6.07, 6.45) is 3.16. The minimum absolute atomic E-state index is 0. The van der Waals surface area contributed by atoms with E-state index >= 15 is 0 Å². The molecule has 1 aromatic carbocycles. The Kier molecular flexibility index (Phi) is 4.24. The lowest BCUT2D eigenvalue weighted by Gasteiger charge is -1.96. The fourth-order valence-electron chi connectivity index (χ4n) is 1.85. The minimum Gasteiger partial charge on any atom is -0.469 e. The first-order chi connectivity index (χ1) is 9.74. The average Bonchev–Trinajstić information content (AvgIpc) is 3.04. The van der Waals surface area contributed by atoms with Crippen LogP contribution in [-0.2, 0) is 0 Å². The van der Waals surface area contributed by atoms with Crippen LogP contribution in [0.15, 0.2) is 57.4 Å². The molecule has 21 heavy (non-hydrogen) atoms. The molecule has 0 saturated heterocycles. The zero-order valence-corrected chi connectivity index (χ0v) is 11.4. The summed E-state index contributed by atoms with van der Waals surface area (Å²) in [5, 5.41) is 14.9. The van der Waals surface area contributed by atoms with Crippen LogP contribution in [0.5, 0.6) is 0 Å². The third kappa shape index (κ3) is 3.03. The molecule has 0 aliphatic carbocycles. The normalized spacial score (nSPS) is 10.8. The van der Waals surface area contributed by atoms with Crippen molar-refractivity contribution in [1.82, 2.24) is 16.3 Å². The molecule has 2 heterocycles. The summed E-state index contributed by atoms with van der Waals surface area (Å²) in [5.41, 5.74) is 2.60. The number of nitrogens with zero attached hydrogens (tertiary/aromatic N) is 3. The molecular weight excluding hydrogens is 273 g/mol. The van der Waals surface area contributed by atoms with Crippen molar-refractivity contribution in [3.63, 3.8) is 0 Å². The van der Waals surface area contributed by atoms with Gasteiger partial charge in [-0.2, -0.15) is 10.2 Å². The fourth-order valence-corrected chi connectivity index (χ4v) is 1.85. The first-order valence-electron chi connectivity index (χ1n) is 5.99. The summed E-state index contributed by atoms with van der Waals surface area (Å²) in [6.45, 7) is 1.85. The van der Waals surface area contributed by atoms with Gasteiger partial charge in [-0.1, -0.05) is 6.07 Å². The molecule has 2 aromatic heterocycles. The van der Waals surface area contributed by atoms with Crippen LogP contribution >= 0.6 is 0 Å². The Bertz CT molecular complexity index is 762. The van der Waals surface area contributed by atoms with Gasteiger partial charge >= 0.3 is 0 Å². The molecule has 0 spiro atoms. The molecule has 0 unspecified atom stereocenters. The second-order valence-corrected chi connectivity index (χ2v) is 4.20. The molecule has 0 saturated carbocycles. The predicted molar refractivity (Wildman–Crippen MR) is 76.6 cm³/mol. The highest BCUT2D eigenvalue weighted by molar-refractivity contribution is 5.72. The molecule has 0 atom stereocenters. The smallest absolute Gasteiger partial charge is 0.131 e. The summed E-state index contributed by atoms with van der Waals surface area (Å²) >= 11 is 0. The van der Waals surface area contributed by atoms with Crippen LogP contribution in [0.2, 0.25) is 0 Å². The topological polar surface area (TPSA) is 102 Å². The summed E-state index contributed by atoms with van der Waals surface area (Å²) < 4.78 is 18.3. The van der Waals surface area contributed by atoms with Crippen molar-refractivity contribution < 1.29 is 8.81 Å². The molecule has 3 rings (SSSR count). The number of furan rings is 1. The van der Waals surface area contributed by atoms with E-state index in [2.05, 4.69) is 20.4 Å². The lowest BCUT2D eigenvalue weighted by atomic mass is 10.2. The van der Waals surface area contributed by atoms with Crippen molar-refractivity contribution in [2.24, 2.45) is 10.2 Å². The van der Waals surface area contributed by atoms with E-state index in [9.17, 15) is 4.39 Å². The van der Waals surface area contributed by atoms with Gasteiger partial charge in [0.2, 0.25) is 0 Å². The summed E-state index contributed by atoms with van der Waals surface area (Å²) in [4.78, 5) is 0. The SMILES string of the molecule is Cc1occc1-c1[nH]ncc1N=Nc1cccc(F)c1.N. The summed E-state index contributed by atoms with van der Waals surface area (Å²) in [6, 6.07) is 7.75. The Labute approximate surface area is 120 Å². The van der Waals surface area contributed by atoms with Gasteiger partial charge in [0.15, 0.2) is 0 Å². The van der Waals surface area contributed by atoms with Crippen LogP contribution in [0.4, 0.5) is 15.8 Å². The molecule has 0 radical (unpaired) electrons. The lowest BCUT2D eigenvalue weighted by molar-refractivity contribution is 0.535. The zero-order valence-electron chi connectivity index (χ0n) is 11.4. The molecule has 0 bridgehead atoms. The highest BCUT2D eigenvalue weighted by atomic mass is 19.1. The van der Waals surface area contributed by atoms with Crippen LogP contribution in [0.3, 0.4) is 0 Å². The van der Waals surface area contributed by atoms with Crippen LogP contribution in [0.25, 0.3) is 11.3 Å². The van der Waals surface area contributed by atoms with E-state index in [1.165, 1.54) is 12.1 Å². The summed E-state index contributed by atoms with van der Waals surface area (Å²) in [5.74, 6) is 0.413. The van der Waals surface area contributed by atoms with E-state index in [0.29, 0.717) is 11.4 Å². The minimum atomic E-state index is -0.348. The highest BCUT2D eigenvalue weighted by Crippen LogP contribution is 2.31. The first-order valence-corrected chi connectivity index (χ1v) is 5.99. The molecule has 0 aliphatic rings. The second kappa shape index (κ2) is 6.10. The Morgan fingerprint density at radius 2 is 2.10 bits per heavy atom. The Hall–Kier alpha value is -2.80. The standard InChI is InChI=1S/C14H11FN4O.H3N/c1-9-12(5-6-20-9)14-13(8-16-19-14)18-17-11-4-2-3-10(15)7-11;/h2-8H,1H3,(H,16,19);1H3. The number of aryl methyl sites for hydroxylation is 1. The third-order valence-electron chi connectivity index (χ3n) is 2.83. The van der Waals surface area contributed by atoms with E-state index in [1.54, 1.807) is 24.6 Å². The zero-order chi connectivity index (χ0) is 13.9. The molecule has 0 fully saturated rings. The monoisotopic (exact) mass is 287 g/mol. The predicted octanol–water partition coefficient (Wildman–Crippen LogP) is 4.69. The molecule has 3 aromatic rings. The van der Waals surface area contributed by atoms with Gasteiger partial charge in [-0.05, 0) is 25.1 Å². The van der Waals surface area contributed by atoms with E-state index < -0.39 is 0 Å². The number of rotatable bonds is 3. The van der Waals surface area contributed by atoms with Gasteiger partial charge in [0.05, 0.1) is 23.8 Å². The first kappa shape index (κ1) is 14.6. The summed E-state index contributed by atoms with van der Waals surface area (Å²) in [7, 11) is 0. The Morgan fingerprint density at radius 3 is 2.81 bits per heavy atom. The van der Waals surface area contributed by atoms with Crippen LogP contribution in [0.1, 0.15) is 5.76 Å².